The highest BCUT2D eigenvalue weighted by atomic mass is 35.5. The van der Waals surface area contributed by atoms with Crippen LogP contribution in [-0.2, 0) is 4.84 Å². The summed E-state index contributed by atoms with van der Waals surface area (Å²) in [5.74, 6) is -0.645. The smallest absolute Gasteiger partial charge is 0.193 e. The second-order valence-electron chi connectivity index (χ2n) is 4.39. The zero-order valence-corrected chi connectivity index (χ0v) is 12.3. The van der Waals surface area contributed by atoms with Crippen LogP contribution in [0.2, 0.25) is 5.02 Å². The third-order valence-electron chi connectivity index (χ3n) is 2.95. The van der Waals surface area contributed by atoms with E-state index >= 15 is 0 Å². The van der Waals surface area contributed by atoms with Crippen LogP contribution < -0.4 is 0 Å². The van der Waals surface area contributed by atoms with Crippen molar-refractivity contribution in [1.29, 1.82) is 0 Å². The lowest BCUT2D eigenvalue weighted by molar-refractivity contribution is 0.103. The first-order valence-corrected chi connectivity index (χ1v) is 6.58. The van der Waals surface area contributed by atoms with Crippen molar-refractivity contribution in [3.05, 3.63) is 70.0 Å². The number of carbonyl (C=O) groups excluding carboxylic acids is 1. The molecular formula is C16H13ClFNO2. The van der Waals surface area contributed by atoms with Gasteiger partial charge in [-0.25, -0.2) is 4.39 Å². The van der Waals surface area contributed by atoms with Gasteiger partial charge < -0.3 is 4.84 Å². The van der Waals surface area contributed by atoms with Gasteiger partial charge in [-0.1, -0.05) is 22.8 Å². The van der Waals surface area contributed by atoms with Crippen LogP contribution in [0.15, 0.2) is 47.6 Å². The lowest BCUT2D eigenvalue weighted by Crippen LogP contribution is -2.09. The van der Waals surface area contributed by atoms with Crippen molar-refractivity contribution in [3.8, 4) is 0 Å². The van der Waals surface area contributed by atoms with Gasteiger partial charge in [-0.15, -0.1) is 0 Å². The Labute approximate surface area is 127 Å². The second-order valence-corrected chi connectivity index (χ2v) is 4.82. The fourth-order valence-corrected chi connectivity index (χ4v) is 2.13. The second kappa shape index (κ2) is 6.50. The van der Waals surface area contributed by atoms with Gasteiger partial charge in [0.05, 0.1) is 5.71 Å². The van der Waals surface area contributed by atoms with Crippen LogP contribution in [0.1, 0.15) is 28.4 Å². The Kier molecular flexibility index (Phi) is 4.70. The molecule has 0 heterocycles. The van der Waals surface area contributed by atoms with Crippen LogP contribution >= 0.6 is 11.6 Å². The Morgan fingerprint density at radius 1 is 1.14 bits per heavy atom. The first-order chi connectivity index (χ1) is 10.0. The number of hydrogen-bond donors (Lipinski definition) is 0. The molecule has 0 aliphatic rings. The van der Waals surface area contributed by atoms with Gasteiger partial charge in [0, 0.05) is 21.7 Å². The average molecular weight is 306 g/mol. The van der Waals surface area contributed by atoms with E-state index in [0.29, 0.717) is 27.4 Å². The molecule has 0 bridgehead atoms. The summed E-state index contributed by atoms with van der Waals surface area (Å²) < 4.78 is 13.0. The summed E-state index contributed by atoms with van der Waals surface area (Å²) in [5.41, 5.74) is 1.95. The predicted molar refractivity (Wildman–Crippen MR) is 80.5 cm³/mol. The number of hydrogen-bond acceptors (Lipinski definition) is 3. The highest BCUT2D eigenvalue weighted by Gasteiger charge is 2.16. The number of rotatable bonds is 4. The lowest BCUT2D eigenvalue weighted by atomic mass is 9.96. The summed E-state index contributed by atoms with van der Waals surface area (Å²) in [4.78, 5) is 17.3. The zero-order chi connectivity index (χ0) is 15.4. The number of oxime groups is 1. The summed E-state index contributed by atoms with van der Waals surface area (Å²) in [6, 6.07) is 10.3. The molecule has 0 amide bonds. The summed E-state index contributed by atoms with van der Waals surface area (Å²) in [6.45, 7) is 1.73. The predicted octanol–water partition coefficient (Wildman–Crippen LogP) is 4.08. The molecule has 0 radical (unpaired) electrons. The van der Waals surface area contributed by atoms with E-state index in [9.17, 15) is 9.18 Å². The molecule has 2 rings (SSSR count). The molecule has 0 spiro atoms. The van der Waals surface area contributed by atoms with Gasteiger partial charge in [0.2, 0.25) is 0 Å². The molecule has 0 aliphatic carbocycles. The van der Waals surface area contributed by atoms with E-state index in [1.54, 1.807) is 25.1 Å². The molecule has 2 aromatic rings. The van der Waals surface area contributed by atoms with E-state index in [1.807, 2.05) is 0 Å². The third-order valence-corrected chi connectivity index (χ3v) is 3.19. The number of benzene rings is 2. The molecule has 0 unspecified atom stereocenters. The van der Waals surface area contributed by atoms with E-state index in [0.717, 1.165) is 0 Å². The van der Waals surface area contributed by atoms with Gasteiger partial charge in [-0.05, 0) is 43.3 Å². The quantitative estimate of drug-likeness (QED) is 0.485. The molecule has 0 aliphatic heterocycles. The molecule has 108 valence electrons. The molecule has 0 fully saturated rings. The normalized spacial score (nSPS) is 11.3. The van der Waals surface area contributed by atoms with E-state index in [1.165, 1.54) is 31.4 Å². The van der Waals surface area contributed by atoms with Crippen LogP contribution in [0, 0.1) is 5.82 Å². The van der Waals surface area contributed by atoms with Gasteiger partial charge in [-0.3, -0.25) is 4.79 Å². The minimum Gasteiger partial charge on any atom is -0.399 e. The van der Waals surface area contributed by atoms with E-state index < -0.39 is 5.82 Å². The zero-order valence-electron chi connectivity index (χ0n) is 11.6. The van der Waals surface area contributed by atoms with Crippen LogP contribution in [0.4, 0.5) is 4.39 Å². The van der Waals surface area contributed by atoms with Crippen LogP contribution in [0.3, 0.4) is 0 Å². The molecule has 0 N–H and O–H groups in total. The molecule has 0 aromatic heterocycles. The minimum absolute atomic E-state index is 0.252. The van der Waals surface area contributed by atoms with Gasteiger partial charge in [-0.2, -0.15) is 0 Å². The van der Waals surface area contributed by atoms with Crippen LogP contribution in [-0.4, -0.2) is 18.6 Å². The van der Waals surface area contributed by atoms with Gasteiger partial charge in [0.25, 0.3) is 0 Å². The first-order valence-electron chi connectivity index (χ1n) is 6.21. The van der Waals surface area contributed by atoms with Crippen molar-refractivity contribution in [3.63, 3.8) is 0 Å². The Morgan fingerprint density at radius 2 is 1.81 bits per heavy atom. The van der Waals surface area contributed by atoms with Crippen LogP contribution in [0.5, 0.6) is 0 Å². The minimum atomic E-state index is -0.394. The van der Waals surface area contributed by atoms with Crippen molar-refractivity contribution in [2.75, 3.05) is 7.11 Å². The highest BCUT2D eigenvalue weighted by Crippen LogP contribution is 2.21. The maximum atomic E-state index is 13.0. The fraction of sp³-hybridized carbons (Fsp3) is 0.125. The molecule has 5 heteroatoms. The number of nitrogens with zero attached hydrogens (tertiary/aromatic N) is 1. The largest absolute Gasteiger partial charge is 0.399 e. The molecule has 0 saturated carbocycles. The number of ketones is 1. The standard InChI is InChI=1S/C16H13ClFNO2/c1-10(19-21-2)14-8-5-12(17)9-15(14)16(20)11-3-6-13(18)7-4-11/h3-9H,1-2H3/b19-10-. The lowest BCUT2D eigenvalue weighted by Gasteiger charge is -2.09. The molecule has 0 saturated heterocycles. The van der Waals surface area contributed by atoms with Crippen molar-refractivity contribution in [1.82, 2.24) is 0 Å². The van der Waals surface area contributed by atoms with Gasteiger partial charge >= 0.3 is 0 Å². The van der Waals surface area contributed by atoms with Crippen LogP contribution in [0.25, 0.3) is 0 Å². The molecule has 0 atom stereocenters. The summed E-state index contributed by atoms with van der Waals surface area (Å²) in [7, 11) is 1.43. The fourth-order valence-electron chi connectivity index (χ4n) is 1.96. The first kappa shape index (κ1) is 15.2. The maximum Gasteiger partial charge on any atom is 0.193 e. The molecule has 2 aromatic carbocycles. The number of carbonyl (C=O) groups is 1. The van der Waals surface area contributed by atoms with Crippen molar-refractivity contribution >= 4 is 23.1 Å². The Balaban J connectivity index is 2.51. The molecule has 3 nitrogen and oxygen atoms in total. The maximum absolute atomic E-state index is 13.0. The Bertz CT molecular complexity index is 696. The van der Waals surface area contributed by atoms with E-state index in [-0.39, 0.29) is 5.78 Å². The summed E-state index contributed by atoms with van der Waals surface area (Å²) in [5, 5.41) is 4.28. The SMILES string of the molecule is CO/N=C(/C)c1ccc(Cl)cc1C(=O)c1ccc(F)cc1. The topological polar surface area (TPSA) is 38.7 Å². The van der Waals surface area contributed by atoms with Crippen molar-refractivity contribution < 1.29 is 14.0 Å². The highest BCUT2D eigenvalue weighted by molar-refractivity contribution is 6.31. The van der Waals surface area contributed by atoms with Crippen molar-refractivity contribution in [2.45, 2.75) is 6.92 Å². The Hall–Kier alpha value is -2.20. The van der Waals surface area contributed by atoms with Gasteiger partial charge in [0.1, 0.15) is 12.9 Å². The average Bonchev–Trinajstić information content (AvgIpc) is 2.47. The molecule has 21 heavy (non-hydrogen) atoms. The van der Waals surface area contributed by atoms with E-state index in [2.05, 4.69) is 5.16 Å². The van der Waals surface area contributed by atoms with Crippen molar-refractivity contribution in [2.24, 2.45) is 5.16 Å². The van der Waals surface area contributed by atoms with Gasteiger partial charge in [0.15, 0.2) is 5.78 Å². The monoisotopic (exact) mass is 305 g/mol. The summed E-state index contributed by atoms with van der Waals surface area (Å²) in [6.07, 6.45) is 0. The third kappa shape index (κ3) is 3.47. The van der Waals surface area contributed by atoms with E-state index in [4.69, 9.17) is 16.4 Å². The number of halogens is 2. The molecular weight excluding hydrogens is 293 g/mol. The summed E-state index contributed by atoms with van der Waals surface area (Å²) >= 11 is 5.97. The Morgan fingerprint density at radius 3 is 2.43 bits per heavy atom.